The van der Waals surface area contributed by atoms with Gasteiger partial charge in [-0.1, -0.05) is 12.1 Å². The molecule has 0 aliphatic heterocycles. The Balaban J connectivity index is 1.63. The van der Waals surface area contributed by atoms with E-state index in [0.29, 0.717) is 18.1 Å². The van der Waals surface area contributed by atoms with Crippen LogP contribution >= 0.6 is 0 Å². The lowest BCUT2D eigenvalue weighted by Gasteiger charge is -2.07. The summed E-state index contributed by atoms with van der Waals surface area (Å²) in [4.78, 5) is 10.5. The quantitative estimate of drug-likeness (QED) is 0.629. The van der Waals surface area contributed by atoms with Gasteiger partial charge in [0.15, 0.2) is 0 Å². The molecule has 0 spiro atoms. The number of carboxylic acids is 1. The summed E-state index contributed by atoms with van der Waals surface area (Å²) in [5.41, 5.74) is 2.51. The van der Waals surface area contributed by atoms with Crippen LogP contribution in [0.15, 0.2) is 59.0 Å². The fourth-order valence-electron chi connectivity index (χ4n) is 2.56. The van der Waals surface area contributed by atoms with Crippen molar-refractivity contribution in [2.45, 2.75) is 20.1 Å². The van der Waals surface area contributed by atoms with Crippen LogP contribution in [0.2, 0.25) is 0 Å². The molecule has 3 aromatic rings. The number of rotatable bonds is 8. The molecule has 2 aromatic carbocycles. The number of benzene rings is 2. The van der Waals surface area contributed by atoms with Gasteiger partial charge in [-0.15, -0.1) is 0 Å². The van der Waals surface area contributed by atoms with E-state index in [4.69, 9.17) is 19.0 Å². The van der Waals surface area contributed by atoms with Gasteiger partial charge < -0.3 is 19.0 Å². The molecule has 1 aromatic heterocycles. The normalized spacial score (nSPS) is 10.7. The van der Waals surface area contributed by atoms with Gasteiger partial charge in [0.05, 0.1) is 6.61 Å². The van der Waals surface area contributed by atoms with Crippen molar-refractivity contribution >= 4 is 5.97 Å². The molecule has 0 fully saturated rings. The third kappa shape index (κ3) is 5.18. The topological polar surface area (TPSA) is 68.9 Å². The zero-order valence-corrected chi connectivity index (χ0v) is 14.8. The van der Waals surface area contributed by atoms with Gasteiger partial charge in [0.25, 0.3) is 0 Å². The highest BCUT2D eigenvalue weighted by molar-refractivity contribution is 5.68. The van der Waals surface area contributed by atoms with Gasteiger partial charge in [-0.3, -0.25) is 0 Å². The maximum absolute atomic E-state index is 13.1. The van der Waals surface area contributed by atoms with Crippen molar-refractivity contribution in [3.05, 3.63) is 77.3 Å². The van der Waals surface area contributed by atoms with Crippen LogP contribution in [0, 0.1) is 12.7 Å². The van der Waals surface area contributed by atoms with Crippen molar-refractivity contribution in [3.63, 3.8) is 0 Å². The molecule has 0 unspecified atom stereocenters. The summed E-state index contributed by atoms with van der Waals surface area (Å²) in [7, 11) is 0. The molecule has 27 heavy (non-hydrogen) atoms. The molecule has 0 saturated heterocycles. The van der Waals surface area contributed by atoms with E-state index in [1.165, 1.54) is 12.1 Å². The Morgan fingerprint density at radius 2 is 1.89 bits per heavy atom. The number of ether oxygens (including phenoxy) is 2. The van der Waals surface area contributed by atoms with E-state index in [0.717, 1.165) is 22.5 Å². The van der Waals surface area contributed by atoms with E-state index in [-0.39, 0.29) is 19.0 Å². The molecule has 0 bridgehead atoms. The van der Waals surface area contributed by atoms with E-state index in [1.807, 2.05) is 31.2 Å². The minimum Gasteiger partial charge on any atom is -0.489 e. The summed E-state index contributed by atoms with van der Waals surface area (Å²) in [6.45, 7) is 2.02. The van der Waals surface area contributed by atoms with Gasteiger partial charge >= 0.3 is 5.97 Å². The van der Waals surface area contributed by atoms with Crippen LogP contribution in [-0.4, -0.2) is 17.7 Å². The predicted molar refractivity (Wildman–Crippen MR) is 96.9 cm³/mol. The monoisotopic (exact) mass is 370 g/mol. The summed E-state index contributed by atoms with van der Waals surface area (Å²) >= 11 is 0. The molecule has 1 heterocycles. The third-order valence-corrected chi connectivity index (χ3v) is 3.94. The number of halogens is 1. The fourth-order valence-corrected chi connectivity index (χ4v) is 2.56. The lowest BCUT2D eigenvalue weighted by atomic mass is 10.1. The summed E-state index contributed by atoms with van der Waals surface area (Å²) in [6, 6.07) is 15.3. The molecule has 0 atom stereocenters. The van der Waals surface area contributed by atoms with Gasteiger partial charge in [-0.25, -0.2) is 9.18 Å². The zero-order chi connectivity index (χ0) is 19.2. The Kier molecular flexibility index (Phi) is 5.88. The molecule has 0 radical (unpaired) electrons. The molecule has 1 N–H and O–H groups in total. The van der Waals surface area contributed by atoms with Crippen LogP contribution in [0.5, 0.6) is 5.75 Å². The van der Waals surface area contributed by atoms with Gasteiger partial charge in [-0.2, -0.15) is 0 Å². The zero-order valence-electron chi connectivity index (χ0n) is 14.8. The first-order valence-corrected chi connectivity index (χ1v) is 8.38. The first kappa shape index (κ1) is 18.7. The van der Waals surface area contributed by atoms with E-state index in [2.05, 4.69) is 0 Å². The Morgan fingerprint density at radius 1 is 1.11 bits per heavy atom. The smallest absolute Gasteiger partial charge is 0.329 e. The van der Waals surface area contributed by atoms with Crippen LogP contribution in [0.3, 0.4) is 0 Å². The third-order valence-electron chi connectivity index (χ3n) is 3.94. The van der Waals surface area contributed by atoms with Gasteiger partial charge in [0.1, 0.15) is 36.3 Å². The average Bonchev–Trinajstić information content (AvgIpc) is 3.01. The van der Waals surface area contributed by atoms with Gasteiger partial charge in [0.2, 0.25) is 0 Å². The van der Waals surface area contributed by atoms with E-state index < -0.39 is 5.97 Å². The molecule has 140 valence electrons. The number of aliphatic carboxylic acids is 1. The minimum absolute atomic E-state index is 0.197. The molecular formula is C21H19FO5. The summed E-state index contributed by atoms with van der Waals surface area (Å²) in [5, 5.41) is 8.60. The second-order valence-corrected chi connectivity index (χ2v) is 6.02. The maximum Gasteiger partial charge on any atom is 0.329 e. The number of aryl methyl sites for hydroxylation is 1. The first-order chi connectivity index (χ1) is 13.0. The van der Waals surface area contributed by atoms with Crippen molar-refractivity contribution in [3.8, 4) is 17.1 Å². The molecule has 3 rings (SSSR count). The molecule has 0 amide bonds. The maximum atomic E-state index is 13.1. The van der Waals surface area contributed by atoms with Crippen molar-refractivity contribution in [2.24, 2.45) is 0 Å². The lowest BCUT2D eigenvalue weighted by Crippen LogP contribution is -2.06. The molecule has 0 saturated carbocycles. The Morgan fingerprint density at radius 3 is 2.63 bits per heavy atom. The Hall–Kier alpha value is -3.12. The minimum atomic E-state index is -1.00. The Bertz CT molecular complexity index is 915. The van der Waals surface area contributed by atoms with E-state index >= 15 is 0 Å². The highest BCUT2D eigenvalue weighted by atomic mass is 19.1. The SMILES string of the molecule is Cc1oc(-c2ccc(F)cc2)cc1COc1cccc(COCC(=O)O)c1. The fraction of sp³-hybridized carbons (Fsp3) is 0.190. The number of furan rings is 1. The molecular weight excluding hydrogens is 351 g/mol. The lowest BCUT2D eigenvalue weighted by molar-refractivity contribution is -0.142. The summed E-state index contributed by atoms with van der Waals surface area (Å²) < 4.78 is 29.7. The Labute approximate surface area is 156 Å². The highest BCUT2D eigenvalue weighted by Gasteiger charge is 2.10. The average molecular weight is 370 g/mol. The van der Waals surface area contributed by atoms with Gasteiger partial charge in [-0.05, 0) is 55.0 Å². The highest BCUT2D eigenvalue weighted by Crippen LogP contribution is 2.26. The van der Waals surface area contributed by atoms with Crippen molar-refractivity contribution in [1.29, 1.82) is 0 Å². The number of hydrogen-bond acceptors (Lipinski definition) is 4. The predicted octanol–water partition coefficient (Wildman–Crippen LogP) is 4.57. The van der Waals surface area contributed by atoms with Crippen LogP contribution in [0.4, 0.5) is 4.39 Å². The number of carbonyl (C=O) groups is 1. The second-order valence-electron chi connectivity index (χ2n) is 6.02. The van der Waals surface area contributed by atoms with E-state index in [9.17, 15) is 9.18 Å². The van der Waals surface area contributed by atoms with Crippen LogP contribution < -0.4 is 4.74 Å². The van der Waals surface area contributed by atoms with Crippen LogP contribution in [-0.2, 0) is 22.7 Å². The molecule has 0 aliphatic carbocycles. The van der Waals surface area contributed by atoms with Crippen molar-refractivity contribution in [1.82, 2.24) is 0 Å². The number of hydrogen-bond donors (Lipinski definition) is 1. The molecule has 5 nitrogen and oxygen atoms in total. The largest absolute Gasteiger partial charge is 0.489 e. The standard InChI is InChI=1S/C21H19FO5/c1-14-17(10-20(27-14)16-5-7-18(22)8-6-16)12-26-19-4-2-3-15(9-19)11-25-13-21(23)24/h2-10H,11-13H2,1H3,(H,23,24). The number of carboxylic acid groups (broad SMARTS) is 1. The molecule has 6 heteroatoms. The summed E-state index contributed by atoms with van der Waals surface area (Å²) in [5.74, 6) is 0.736. The van der Waals surface area contributed by atoms with Crippen molar-refractivity contribution in [2.75, 3.05) is 6.61 Å². The summed E-state index contributed by atoms with van der Waals surface area (Å²) in [6.07, 6.45) is 0. The van der Waals surface area contributed by atoms with Gasteiger partial charge in [0, 0.05) is 11.1 Å². The van der Waals surface area contributed by atoms with Crippen LogP contribution in [0.25, 0.3) is 11.3 Å². The molecule has 0 aliphatic rings. The second kappa shape index (κ2) is 8.51. The first-order valence-electron chi connectivity index (χ1n) is 8.38. The van der Waals surface area contributed by atoms with Crippen molar-refractivity contribution < 1.29 is 28.2 Å². The van der Waals surface area contributed by atoms with E-state index in [1.54, 1.807) is 18.2 Å². The van der Waals surface area contributed by atoms with Crippen LogP contribution in [0.1, 0.15) is 16.9 Å².